The first kappa shape index (κ1) is 11.1. The molecule has 0 saturated carbocycles. The van der Waals surface area contributed by atoms with Crippen molar-refractivity contribution in [1.29, 1.82) is 0 Å². The van der Waals surface area contributed by atoms with Crippen LogP contribution in [0.4, 0.5) is 0 Å². The predicted octanol–water partition coefficient (Wildman–Crippen LogP) is 1.17. The van der Waals surface area contributed by atoms with Crippen LogP contribution in [0, 0.1) is 6.92 Å². The summed E-state index contributed by atoms with van der Waals surface area (Å²) >= 11 is 1.57. The average molecular weight is 238 g/mol. The Morgan fingerprint density at radius 1 is 1.62 bits per heavy atom. The Hall–Kier alpha value is -1.43. The summed E-state index contributed by atoms with van der Waals surface area (Å²) in [6.45, 7) is 4.44. The third-order valence-corrected chi connectivity index (χ3v) is 3.06. The van der Waals surface area contributed by atoms with Crippen molar-refractivity contribution in [2.45, 2.75) is 26.7 Å². The molecule has 0 aliphatic carbocycles. The number of carbonyl (C=O) groups excluding carboxylic acids is 1. The van der Waals surface area contributed by atoms with E-state index in [9.17, 15) is 4.79 Å². The Kier molecular flexibility index (Phi) is 3.19. The van der Waals surface area contributed by atoms with Crippen molar-refractivity contribution in [3.63, 3.8) is 0 Å². The molecule has 1 N–H and O–H groups in total. The zero-order valence-electron chi connectivity index (χ0n) is 9.36. The topological polar surface area (TPSA) is 59.3 Å². The molecule has 2 aromatic heterocycles. The molecule has 0 unspecified atom stereocenters. The van der Waals surface area contributed by atoms with E-state index in [2.05, 4.69) is 15.4 Å². The maximum atomic E-state index is 11.0. The van der Waals surface area contributed by atoms with Gasteiger partial charge in [-0.25, -0.2) is 9.50 Å². The van der Waals surface area contributed by atoms with Crippen LogP contribution in [-0.4, -0.2) is 27.0 Å². The Balaban J connectivity index is 1.94. The number of carbonyl (C=O) groups is 1. The van der Waals surface area contributed by atoms with Crippen molar-refractivity contribution in [2.75, 3.05) is 6.54 Å². The van der Waals surface area contributed by atoms with Crippen LogP contribution in [0.25, 0.3) is 4.96 Å². The molecule has 1 amide bonds. The summed E-state index contributed by atoms with van der Waals surface area (Å²) in [4.78, 5) is 16.4. The molecule has 0 aliphatic rings. The van der Waals surface area contributed by atoms with Gasteiger partial charge in [0, 0.05) is 19.4 Å². The standard InChI is InChI=1S/C10H14N4OS/c1-3-9(15)11-5-4-8-6-14-10(12-8)16-7(2)13-14/h6H,3-5H2,1-2H3,(H,11,15). The molecule has 0 saturated heterocycles. The molecule has 16 heavy (non-hydrogen) atoms. The zero-order chi connectivity index (χ0) is 11.5. The molecule has 0 fully saturated rings. The highest BCUT2D eigenvalue weighted by atomic mass is 32.1. The van der Waals surface area contributed by atoms with Crippen molar-refractivity contribution in [3.05, 3.63) is 16.9 Å². The summed E-state index contributed by atoms with van der Waals surface area (Å²) in [5.41, 5.74) is 0.968. The molecular formula is C10H14N4OS. The van der Waals surface area contributed by atoms with Gasteiger partial charge in [0.1, 0.15) is 5.01 Å². The quantitative estimate of drug-likeness (QED) is 0.869. The van der Waals surface area contributed by atoms with Gasteiger partial charge in [-0.3, -0.25) is 4.79 Å². The lowest BCUT2D eigenvalue weighted by Gasteiger charge is -2.00. The highest BCUT2D eigenvalue weighted by molar-refractivity contribution is 7.16. The number of nitrogens with zero attached hydrogens (tertiary/aromatic N) is 3. The molecule has 0 spiro atoms. The van der Waals surface area contributed by atoms with E-state index in [1.165, 1.54) is 0 Å². The number of aryl methyl sites for hydroxylation is 1. The normalized spacial score (nSPS) is 10.9. The fourth-order valence-corrected chi connectivity index (χ4v) is 2.16. The van der Waals surface area contributed by atoms with Crippen molar-refractivity contribution >= 4 is 22.2 Å². The Labute approximate surface area is 97.5 Å². The third kappa shape index (κ3) is 2.38. The van der Waals surface area contributed by atoms with Crippen molar-refractivity contribution in [3.8, 4) is 0 Å². The monoisotopic (exact) mass is 238 g/mol. The van der Waals surface area contributed by atoms with Crippen molar-refractivity contribution < 1.29 is 4.79 Å². The highest BCUT2D eigenvalue weighted by Crippen LogP contribution is 2.13. The maximum Gasteiger partial charge on any atom is 0.219 e. The number of rotatable bonds is 4. The van der Waals surface area contributed by atoms with E-state index in [1.54, 1.807) is 15.9 Å². The van der Waals surface area contributed by atoms with Gasteiger partial charge in [-0.05, 0) is 6.92 Å². The molecule has 0 aromatic carbocycles. The van der Waals surface area contributed by atoms with Gasteiger partial charge in [-0.15, -0.1) is 0 Å². The van der Waals surface area contributed by atoms with Gasteiger partial charge in [0.15, 0.2) is 0 Å². The predicted molar refractivity (Wildman–Crippen MR) is 62.6 cm³/mol. The van der Waals surface area contributed by atoms with E-state index >= 15 is 0 Å². The van der Waals surface area contributed by atoms with E-state index in [1.807, 2.05) is 20.0 Å². The molecule has 5 nitrogen and oxygen atoms in total. The second-order valence-electron chi connectivity index (χ2n) is 3.53. The van der Waals surface area contributed by atoms with Crippen LogP contribution < -0.4 is 5.32 Å². The largest absolute Gasteiger partial charge is 0.356 e. The van der Waals surface area contributed by atoms with Gasteiger partial charge in [0.05, 0.1) is 11.9 Å². The van der Waals surface area contributed by atoms with Crippen LogP contribution in [-0.2, 0) is 11.2 Å². The first-order valence-corrected chi connectivity index (χ1v) is 6.09. The zero-order valence-corrected chi connectivity index (χ0v) is 10.2. The fourth-order valence-electron chi connectivity index (χ4n) is 1.42. The minimum Gasteiger partial charge on any atom is -0.356 e. The van der Waals surface area contributed by atoms with Crippen LogP contribution in [0.5, 0.6) is 0 Å². The minimum atomic E-state index is 0.0787. The molecule has 0 atom stereocenters. The fraction of sp³-hybridized carbons (Fsp3) is 0.500. The maximum absolute atomic E-state index is 11.0. The van der Waals surface area contributed by atoms with Crippen LogP contribution in [0.1, 0.15) is 24.0 Å². The van der Waals surface area contributed by atoms with Gasteiger partial charge in [0.2, 0.25) is 10.9 Å². The summed E-state index contributed by atoms with van der Waals surface area (Å²) in [5, 5.41) is 8.11. The number of nitrogens with one attached hydrogen (secondary N) is 1. The molecule has 6 heteroatoms. The summed E-state index contributed by atoms with van der Waals surface area (Å²) < 4.78 is 1.79. The molecular weight excluding hydrogens is 224 g/mol. The molecule has 2 aromatic rings. The number of amides is 1. The van der Waals surface area contributed by atoms with Crippen molar-refractivity contribution in [2.24, 2.45) is 0 Å². The molecule has 0 bridgehead atoms. The lowest BCUT2D eigenvalue weighted by Crippen LogP contribution is -2.24. The molecule has 2 heterocycles. The lowest BCUT2D eigenvalue weighted by atomic mass is 10.3. The van der Waals surface area contributed by atoms with E-state index in [4.69, 9.17) is 0 Å². The number of hydrogen-bond donors (Lipinski definition) is 1. The Bertz CT molecular complexity index is 470. The molecule has 86 valence electrons. The minimum absolute atomic E-state index is 0.0787. The lowest BCUT2D eigenvalue weighted by molar-refractivity contribution is -0.120. The van der Waals surface area contributed by atoms with Crippen LogP contribution in [0.15, 0.2) is 6.20 Å². The molecule has 0 radical (unpaired) electrons. The first-order valence-electron chi connectivity index (χ1n) is 5.27. The smallest absolute Gasteiger partial charge is 0.219 e. The Morgan fingerprint density at radius 3 is 3.12 bits per heavy atom. The first-order chi connectivity index (χ1) is 7.69. The number of fused-ring (bicyclic) bond motifs is 1. The summed E-state index contributed by atoms with van der Waals surface area (Å²) in [5.74, 6) is 0.0787. The number of imidazole rings is 1. The summed E-state index contributed by atoms with van der Waals surface area (Å²) in [7, 11) is 0. The van der Waals surface area contributed by atoms with E-state index in [0.29, 0.717) is 13.0 Å². The average Bonchev–Trinajstić information content (AvgIpc) is 2.74. The summed E-state index contributed by atoms with van der Waals surface area (Å²) in [6.07, 6.45) is 3.19. The highest BCUT2D eigenvalue weighted by Gasteiger charge is 2.05. The van der Waals surface area contributed by atoms with E-state index < -0.39 is 0 Å². The van der Waals surface area contributed by atoms with E-state index in [0.717, 1.165) is 22.1 Å². The van der Waals surface area contributed by atoms with Gasteiger partial charge in [0.25, 0.3) is 0 Å². The van der Waals surface area contributed by atoms with Crippen molar-refractivity contribution in [1.82, 2.24) is 19.9 Å². The number of aromatic nitrogens is 3. The van der Waals surface area contributed by atoms with E-state index in [-0.39, 0.29) is 5.91 Å². The van der Waals surface area contributed by atoms with Gasteiger partial charge >= 0.3 is 0 Å². The van der Waals surface area contributed by atoms with Crippen LogP contribution >= 0.6 is 11.3 Å². The Morgan fingerprint density at radius 2 is 2.44 bits per heavy atom. The van der Waals surface area contributed by atoms with Crippen LogP contribution in [0.2, 0.25) is 0 Å². The third-order valence-electron chi connectivity index (χ3n) is 2.22. The number of hydrogen-bond acceptors (Lipinski definition) is 4. The SMILES string of the molecule is CCC(=O)NCCc1cn2nc(C)sc2n1. The molecule has 0 aliphatic heterocycles. The van der Waals surface area contributed by atoms with Gasteiger partial charge in [-0.2, -0.15) is 5.10 Å². The second kappa shape index (κ2) is 4.61. The van der Waals surface area contributed by atoms with Gasteiger partial charge < -0.3 is 5.32 Å². The van der Waals surface area contributed by atoms with Crippen LogP contribution in [0.3, 0.4) is 0 Å². The molecule has 2 rings (SSSR count). The summed E-state index contributed by atoms with van der Waals surface area (Å²) in [6, 6.07) is 0. The van der Waals surface area contributed by atoms with Gasteiger partial charge in [-0.1, -0.05) is 18.3 Å². The second-order valence-corrected chi connectivity index (χ2v) is 4.69.